The van der Waals surface area contributed by atoms with Crippen LogP contribution in [0.1, 0.15) is 32.1 Å². The Balaban J connectivity index is 1.60. The van der Waals surface area contributed by atoms with Crippen molar-refractivity contribution in [2.24, 2.45) is 5.92 Å². The van der Waals surface area contributed by atoms with E-state index in [0.29, 0.717) is 18.4 Å². The molecule has 0 aromatic rings. The molecule has 0 aromatic heterocycles. The van der Waals surface area contributed by atoms with E-state index in [4.69, 9.17) is 0 Å². The lowest BCUT2D eigenvalue weighted by atomic mass is 9.76. The molecule has 5 heteroatoms. The number of carbonyl (C=O) groups excluding carboxylic acids is 1. The number of hydrogen-bond acceptors (Lipinski definition) is 3. The number of nitrogens with one attached hydrogen (secondary N) is 2. The van der Waals surface area contributed by atoms with Gasteiger partial charge in [-0.05, 0) is 68.1 Å². The second-order valence-corrected chi connectivity index (χ2v) is 8.04. The van der Waals surface area contributed by atoms with Crippen molar-refractivity contribution in [1.82, 2.24) is 10.6 Å². The summed E-state index contributed by atoms with van der Waals surface area (Å²) in [4.78, 5) is 12.5. The van der Waals surface area contributed by atoms with Crippen molar-refractivity contribution in [2.75, 3.05) is 0 Å². The summed E-state index contributed by atoms with van der Waals surface area (Å²) >= 11 is -0.121. The Kier molecular flexibility index (Phi) is 5.24. The molecule has 0 spiro atoms. The van der Waals surface area contributed by atoms with Crippen LogP contribution in [0, 0.1) is 17.2 Å². The van der Waals surface area contributed by atoms with Crippen molar-refractivity contribution in [2.45, 2.75) is 50.2 Å². The maximum Gasteiger partial charge on any atom is 0.238 e. The van der Waals surface area contributed by atoms with Gasteiger partial charge < -0.3 is 10.6 Å². The van der Waals surface area contributed by atoms with Gasteiger partial charge in [0.25, 0.3) is 0 Å². The minimum atomic E-state index is -0.469. The predicted molar refractivity (Wildman–Crippen MR) is 95.7 cm³/mol. The van der Waals surface area contributed by atoms with Gasteiger partial charge in [0.2, 0.25) is 5.91 Å². The molecule has 1 amide bonds. The summed E-state index contributed by atoms with van der Waals surface area (Å²) in [5, 5.41) is 15.7. The second-order valence-electron chi connectivity index (χ2n) is 6.07. The topological polar surface area (TPSA) is 64.9 Å². The van der Waals surface area contributed by atoms with Crippen molar-refractivity contribution in [3.8, 4) is 6.07 Å². The Bertz CT molecular complexity index is 602. The fourth-order valence-electron chi connectivity index (χ4n) is 3.43. The summed E-state index contributed by atoms with van der Waals surface area (Å²) in [6, 6.07) is 2.12. The SMILES string of the molecule is N#CC(CC1=CC=CI=C=C1)NC(=O)C1NC2CCC1CC2. The number of halogens is 1. The Morgan fingerprint density at radius 2 is 2.32 bits per heavy atom. The van der Waals surface area contributed by atoms with Crippen LogP contribution in [-0.2, 0) is 4.79 Å². The molecule has 2 unspecified atom stereocenters. The molecule has 4 aliphatic rings. The van der Waals surface area contributed by atoms with Crippen molar-refractivity contribution in [3.63, 3.8) is 0 Å². The van der Waals surface area contributed by atoms with Gasteiger partial charge in [0.05, 0.1) is 12.1 Å². The molecule has 2 bridgehead atoms. The van der Waals surface area contributed by atoms with Gasteiger partial charge in [-0.25, -0.2) is 0 Å². The van der Waals surface area contributed by atoms with Gasteiger partial charge in [0.15, 0.2) is 0 Å². The molecule has 3 fully saturated rings. The normalized spacial score (nSPS) is 30.7. The number of nitriles is 1. The van der Waals surface area contributed by atoms with Crippen LogP contribution in [0.4, 0.5) is 0 Å². The van der Waals surface area contributed by atoms with E-state index in [1.54, 1.807) is 0 Å². The maximum atomic E-state index is 12.5. The minimum absolute atomic E-state index is 0.00824. The van der Waals surface area contributed by atoms with Crippen LogP contribution in [0.5, 0.6) is 0 Å². The number of piperidine rings is 2. The first-order valence-corrected chi connectivity index (χ1v) is 10.1. The number of hydrogen-bond donors (Lipinski definition) is 2. The van der Waals surface area contributed by atoms with Crippen LogP contribution in [0.2, 0.25) is 0 Å². The lowest BCUT2D eigenvalue weighted by Crippen LogP contribution is -2.59. The maximum absolute atomic E-state index is 12.5. The van der Waals surface area contributed by atoms with E-state index >= 15 is 0 Å². The molecule has 3 aliphatic heterocycles. The van der Waals surface area contributed by atoms with Gasteiger partial charge in [-0.3, -0.25) is 4.79 Å². The number of nitrogens with zero attached hydrogens (tertiary/aromatic N) is 1. The lowest BCUT2D eigenvalue weighted by Gasteiger charge is -2.42. The summed E-state index contributed by atoms with van der Waals surface area (Å²) in [6.45, 7) is 0. The molecule has 2 saturated heterocycles. The summed E-state index contributed by atoms with van der Waals surface area (Å²) in [7, 11) is 0. The molecule has 3 heterocycles. The first-order valence-electron chi connectivity index (χ1n) is 7.79. The monoisotopic (exact) mass is 409 g/mol. The highest BCUT2D eigenvalue weighted by molar-refractivity contribution is 14.2. The Hall–Kier alpha value is -1.22. The number of amides is 1. The van der Waals surface area contributed by atoms with Crippen LogP contribution in [-0.4, -0.2) is 27.7 Å². The number of fused-ring (bicyclic) bond motifs is 3. The zero-order chi connectivity index (χ0) is 15.4. The Morgan fingerprint density at radius 3 is 3.00 bits per heavy atom. The van der Waals surface area contributed by atoms with Gasteiger partial charge in [-0.2, -0.15) is 5.26 Å². The van der Waals surface area contributed by atoms with Gasteiger partial charge in [-0.15, -0.1) is 0 Å². The molecule has 0 aromatic carbocycles. The predicted octanol–water partition coefficient (Wildman–Crippen LogP) is 2.30. The quantitative estimate of drug-likeness (QED) is 0.701. The lowest BCUT2D eigenvalue weighted by molar-refractivity contribution is -0.127. The highest BCUT2D eigenvalue weighted by Crippen LogP contribution is 2.33. The van der Waals surface area contributed by atoms with E-state index < -0.39 is 6.04 Å². The van der Waals surface area contributed by atoms with E-state index in [1.165, 1.54) is 12.8 Å². The molecule has 1 saturated carbocycles. The standard InChI is InChI=1S/C17H20IN3O/c19-11-15(10-12-2-1-8-18-9-7-12)21-17(22)16-13-3-5-14(20-16)6-4-13/h1-2,7-8,13-16,20H,3-6,10H2,(H,21,22). The smallest absolute Gasteiger partial charge is 0.238 e. The molecule has 116 valence electrons. The third-order valence-electron chi connectivity index (χ3n) is 4.60. The first-order chi connectivity index (χ1) is 10.8. The second kappa shape index (κ2) is 7.36. The largest absolute Gasteiger partial charge is 0.339 e. The summed E-state index contributed by atoms with van der Waals surface area (Å²) in [5.74, 6) is 0.424. The van der Waals surface area contributed by atoms with Crippen molar-refractivity contribution in [3.05, 3.63) is 27.9 Å². The van der Waals surface area contributed by atoms with Crippen LogP contribution in [0.15, 0.2) is 27.9 Å². The van der Waals surface area contributed by atoms with E-state index in [-0.39, 0.29) is 32.7 Å². The van der Waals surface area contributed by atoms with Crippen LogP contribution < -0.4 is 10.6 Å². The molecule has 4 nitrogen and oxygen atoms in total. The average molecular weight is 409 g/mol. The van der Waals surface area contributed by atoms with Gasteiger partial charge in [0.1, 0.15) is 6.04 Å². The first kappa shape index (κ1) is 15.7. The van der Waals surface area contributed by atoms with Crippen LogP contribution >= 0.6 is 20.7 Å². The fraction of sp³-hybridized carbons (Fsp3) is 0.529. The average Bonchev–Trinajstić information content (AvgIpc) is 2.83. The molecule has 2 N–H and O–H groups in total. The van der Waals surface area contributed by atoms with Crippen LogP contribution in [0.25, 0.3) is 0 Å². The minimum Gasteiger partial charge on any atom is -0.339 e. The fourth-order valence-corrected chi connectivity index (χ4v) is 4.64. The van der Waals surface area contributed by atoms with Gasteiger partial charge in [-0.1, -0.05) is 15.8 Å². The molecule has 1 aliphatic carbocycles. The van der Waals surface area contributed by atoms with Crippen molar-refractivity contribution >= 4 is 30.3 Å². The van der Waals surface area contributed by atoms with E-state index in [9.17, 15) is 10.1 Å². The van der Waals surface area contributed by atoms with Crippen molar-refractivity contribution < 1.29 is 4.79 Å². The Labute approximate surface area is 141 Å². The third kappa shape index (κ3) is 3.75. The van der Waals surface area contributed by atoms with E-state index in [1.807, 2.05) is 18.2 Å². The zero-order valence-corrected chi connectivity index (χ0v) is 14.5. The molecular formula is C17H20IN3O. The number of allylic oxidation sites excluding steroid dienone is 3. The summed E-state index contributed by atoms with van der Waals surface area (Å²) in [6.07, 6.45) is 11.2. The summed E-state index contributed by atoms with van der Waals surface area (Å²) in [5.41, 5.74) is 1.05. The molecule has 22 heavy (non-hydrogen) atoms. The van der Waals surface area contributed by atoms with E-state index in [2.05, 4.69) is 24.5 Å². The summed E-state index contributed by atoms with van der Waals surface area (Å²) < 4.78 is 5.39. The van der Waals surface area contributed by atoms with Crippen molar-refractivity contribution in [1.29, 1.82) is 5.26 Å². The molecular weight excluding hydrogens is 389 g/mol. The highest BCUT2D eigenvalue weighted by Gasteiger charge is 2.39. The van der Waals surface area contributed by atoms with Gasteiger partial charge in [0, 0.05) is 12.5 Å². The molecule has 0 radical (unpaired) electrons. The Morgan fingerprint density at radius 1 is 1.50 bits per heavy atom. The highest BCUT2D eigenvalue weighted by atomic mass is 127. The number of rotatable bonds is 4. The molecule has 4 rings (SSSR count). The third-order valence-corrected chi connectivity index (χ3v) is 6.05. The zero-order valence-electron chi connectivity index (χ0n) is 12.4. The van der Waals surface area contributed by atoms with Gasteiger partial charge >= 0.3 is 0 Å². The van der Waals surface area contributed by atoms with E-state index in [0.717, 1.165) is 18.4 Å². The molecule has 2 atom stereocenters. The van der Waals surface area contributed by atoms with Crippen LogP contribution in [0.3, 0.4) is 0 Å². The number of carbonyl (C=O) groups is 1.